The largest absolute Gasteiger partial charge is 0.350 e. The molecule has 0 saturated carbocycles. The van der Waals surface area contributed by atoms with Crippen LogP contribution in [0.4, 0.5) is 0 Å². The highest BCUT2D eigenvalue weighted by Gasteiger charge is 2.19. The molecule has 1 aromatic carbocycles. The lowest BCUT2D eigenvalue weighted by molar-refractivity contribution is 0.0943. The van der Waals surface area contributed by atoms with Crippen molar-refractivity contribution in [2.75, 3.05) is 13.1 Å². The lowest BCUT2D eigenvalue weighted by atomic mass is 9.95. The predicted octanol–water partition coefficient (Wildman–Crippen LogP) is 1.47. The maximum absolute atomic E-state index is 12.0. The zero-order valence-electron chi connectivity index (χ0n) is 10.9. The first-order valence-corrected chi connectivity index (χ1v) is 5.97. The Hall–Kier alpha value is -1.86. The molecule has 4 nitrogen and oxygen atoms in total. The summed E-state index contributed by atoms with van der Waals surface area (Å²) >= 11 is 0. The van der Waals surface area contributed by atoms with E-state index in [1.807, 2.05) is 18.2 Å². The van der Waals surface area contributed by atoms with E-state index in [1.165, 1.54) is 0 Å². The zero-order chi connectivity index (χ0) is 13.6. The molecule has 0 spiro atoms. The van der Waals surface area contributed by atoms with E-state index < -0.39 is 5.41 Å². The second-order valence-electron chi connectivity index (χ2n) is 4.87. The van der Waals surface area contributed by atoms with Crippen LogP contribution in [0.5, 0.6) is 0 Å². The first-order valence-electron chi connectivity index (χ1n) is 5.97. The maximum Gasteiger partial charge on any atom is 0.251 e. The number of carbonyl (C=O) groups is 1. The number of hydrogen-bond acceptors (Lipinski definition) is 3. The summed E-state index contributed by atoms with van der Waals surface area (Å²) in [6, 6.07) is 9.54. The van der Waals surface area contributed by atoms with Crippen molar-refractivity contribution >= 4 is 5.91 Å². The van der Waals surface area contributed by atoms with E-state index in [2.05, 4.69) is 11.4 Å². The molecule has 0 bridgehead atoms. The van der Waals surface area contributed by atoms with Crippen LogP contribution in [0.25, 0.3) is 0 Å². The molecule has 3 N–H and O–H groups in total. The van der Waals surface area contributed by atoms with Crippen molar-refractivity contribution in [2.24, 2.45) is 11.1 Å². The van der Waals surface area contributed by atoms with Crippen LogP contribution in [0.15, 0.2) is 24.3 Å². The molecule has 0 atom stereocenters. The molecule has 0 saturated heterocycles. The standard InChI is InChI=1S/C14H19N3O/c1-14(2,9-16)10-17-13(18)12-6-4-3-5-11(12)7-8-15/h3-6H,7-8,10,15H2,1-2H3,(H,17,18). The van der Waals surface area contributed by atoms with Crippen molar-refractivity contribution in [2.45, 2.75) is 20.3 Å². The molecular formula is C14H19N3O. The minimum Gasteiger partial charge on any atom is -0.350 e. The fraction of sp³-hybridized carbons (Fsp3) is 0.429. The third-order valence-electron chi connectivity index (χ3n) is 2.67. The fourth-order valence-electron chi connectivity index (χ4n) is 1.55. The fourth-order valence-corrected chi connectivity index (χ4v) is 1.55. The van der Waals surface area contributed by atoms with Gasteiger partial charge >= 0.3 is 0 Å². The zero-order valence-corrected chi connectivity index (χ0v) is 10.9. The van der Waals surface area contributed by atoms with Gasteiger partial charge in [0, 0.05) is 12.1 Å². The van der Waals surface area contributed by atoms with Crippen molar-refractivity contribution in [3.05, 3.63) is 35.4 Å². The monoisotopic (exact) mass is 245 g/mol. The predicted molar refractivity (Wildman–Crippen MR) is 70.9 cm³/mol. The lowest BCUT2D eigenvalue weighted by Crippen LogP contribution is -2.33. The number of nitrogens with zero attached hydrogens (tertiary/aromatic N) is 1. The summed E-state index contributed by atoms with van der Waals surface area (Å²) in [5.41, 5.74) is 6.54. The third kappa shape index (κ3) is 3.86. The quantitative estimate of drug-likeness (QED) is 0.824. The summed E-state index contributed by atoms with van der Waals surface area (Å²) in [6.45, 7) is 4.42. The van der Waals surface area contributed by atoms with E-state index in [1.54, 1.807) is 19.9 Å². The Balaban J connectivity index is 2.76. The normalized spacial score (nSPS) is 10.8. The number of nitrogens with two attached hydrogens (primary N) is 1. The Bertz CT molecular complexity index is 460. The molecule has 1 rings (SSSR count). The maximum atomic E-state index is 12.0. The molecule has 0 fully saturated rings. The molecule has 0 radical (unpaired) electrons. The third-order valence-corrected chi connectivity index (χ3v) is 2.67. The van der Waals surface area contributed by atoms with Crippen molar-refractivity contribution in [1.82, 2.24) is 5.32 Å². The van der Waals surface area contributed by atoms with E-state index in [9.17, 15) is 4.79 Å². The topological polar surface area (TPSA) is 78.9 Å². The molecule has 96 valence electrons. The molecule has 0 heterocycles. The summed E-state index contributed by atoms with van der Waals surface area (Å²) in [5.74, 6) is -0.151. The van der Waals surface area contributed by atoms with Gasteiger partial charge in [0.05, 0.1) is 11.5 Å². The van der Waals surface area contributed by atoms with Crippen molar-refractivity contribution in [1.29, 1.82) is 5.26 Å². The smallest absolute Gasteiger partial charge is 0.251 e. The molecule has 0 aliphatic rings. The number of nitriles is 1. The van der Waals surface area contributed by atoms with Gasteiger partial charge in [-0.05, 0) is 38.4 Å². The van der Waals surface area contributed by atoms with Gasteiger partial charge < -0.3 is 11.1 Å². The van der Waals surface area contributed by atoms with Crippen LogP contribution in [0.2, 0.25) is 0 Å². The Labute approximate surface area is 108 Å². The number of carbonyl (C=O) groups excluding carboxylic acids is 1. The van der Waals surface area contributed by atoms with Gasteiger partial charge in [0.25, 0.3) is 5.91 Å². The average molecular weight is 245 g/mol. The Kier molecular flexibility index (Phi) is 4.87. The van der Waals surface area contributed by atoms with Crippen molar-refractivity contribution in [3.8, 4) is 6.07 Å². The Morgan fingerprint density at radius 1 is 1.44 bits per heavy atom. The molecule has 0 aliphatic carbocycles. The van der Waals surface area contributed by atoms with Gasteiger partial charge in [-0.15, -0.1) is 0 Å². The first-order chi connectivity index (χ1) is 8.50. The number of benzene rings is 1. The van der Waals surface area contributed by atoms with Crippen LogP contribution in [-0.4, -0.2) is 19.0 Å². The van der Waals surface area contributed by atoms with Crippen molar-refractivity contribution < 1.29 is 4.79 Å². The summed E-state index contributed by atoms with van der Waals surface area (Å²) in [4.78, 5) is 12.0. The van der Waals surface area contributed by atoms with Crippen molar-refractivity contribution in [3.63, 3.8) is 0 Å². The van der Waals surface area contributed by atoms with Crippen LogP contribution in [-0.2, 0) is 6.42 Å². The second-order valence-corrected chi connectivity index (χ2v) is 4.87. The average Bonchev–Trinajstić information content (AvgIpc) is 2.37. The van der Waals surface area contributed by atoms with Crippen LogP contribution in [0, 0.1) is 16.7 Å². The summed E-state index contributed by atoms with van der Waals surface area (Å²) in [6.07, 6.45) is 0.672. The summed E-state index contributed by atoms with van der Waals surface area (Å²) in [7, 11) is 0. The highest BCUT2D eigenvalue weighted by Crippen LogP contribution is 2.13. The van der Waals surface area contributed by atoms with E-state index in [-0.39, 0.29) is 5.91 Å². The van der Waals surface area contributed by atoms with Gasteiger partial charge in [0.1, 0.15) is 0 Å². The second kappa shape index (κ2) is 6.18. The van der Waals surface area contributed by atoms with Crippen LogP contribution < -0.4 is 11.1 Å². The van der Waals surface area contributed by atoms with Gasteiger partial charge in [-0.2, -0.15) is 5.26 Å². The molecule has 18 heavy (non-hydrogen) atoms. The van der Waals surface area contributed by atoms with Gasteiger partial charge in [0.2, 0.25) is 0 Å². The van der Waals surface area contributed by atoms with E-state index in [4.69, 9.17) is 11.0 Å². The Morgan fingerprint density at radius 2 is 2.11 bits per heavy atom. The molecular weight excluding hydrogens is 226 g/mol. The highest BCUT2D eigenvalue weighted by molar-refractivity contribution is 5.95. The molecule has 1 aromatic rings. The van der Waals surface area contributed by atoms with Crippen LogP contribution >= 0.6 is 0 Å². The summed E-state index contributed by atoms with van der Waals surface area (Å²) in [5, 5.41) is 11.7. The first kappa shape index (κ1) is 14.2. The van der Waals surface area contributed by atoms with Gasteiger partial charge in [-0.1, -0.05) is 18.2 Å². The van der Waals surface area contributed by atoms with Gasteiger partial charge in [0.15, 0.2) is 0 Å². The molecule has 0 unspecified atom stereocenters. The Morgan fingerprint density at radius 3 is 2.72 bits per heavy atom. The number of nitrogens with one attached hydrogen (secondary N) is 1. The summed E-state index contributed by atoms with van der Waals surface area (Å²) < 4.78 is 0. The number of rotatable bonds is 5. The van der Waals surface area contributed by atoms with Gasteiger partial charge in [-0.25, -0.2) is 0 Å². The van der Waals surface area contributed by atoms with Crippen LogP contribution in [0.3, 0.4) is 0 Å². The number of amides is 1. The van der Waals surface area contributed by atoms with E-state index in [0.717, 1.165) is 5.56 Å². The lowest BCUT2D eigenvalue weighted by Gasteiger charge is -2.16. The molecule has 4 heteroatoms. The molecule has 0 aliphatic heterocycles. The SMILES string of the molecule is CC(C)(C#N)CNC(=O)c1ccccc1CCN. The minimum absolute atomic E-state index is 0.151. The highest BCUT2D eigenvalue weighted by atomic mass is 16.1. The van der Waals surface area contributed by atoms with Gasteiger partial charge in [-0.3, -0.25) is 4.79 Å². The van der Waals surface area contributed by atoms with E-state index in [0.29, 0.717) is 25.1 Å². The van der Waals surface area contributed by atoms with Crippen LogP contribution in [0.1, 0.15) is 29.8 Å². The minimum atomic E-state index is -0.557. The molecule has 0 aromatic heterocycles. The van der Waals surface area contributed by atoms with E-state index >= 15 is 0 Å². The molecule has 1 amide bonds. The number of hydrogen-bond donors (Lipinski definition) is 2.